The first kappa shape index (κ1) is 10.4. The Morgan fingerprint density at radius 1 is 1.36 bits per heavy atom. The van der Waals surface area contributed by atoms with Crippen LogP contribution in [-0.2, 0) is 4.79 Å². The lowest BCUT2D eigenvalue weighted by molar-refractivity contribution is -0.128. The summed E-state index contributed by atoms with van der Waals surface area (Å²) in [5, 5.41) is 17.0. The maximum atomic E-state index is 10.9. The third kappa shape index (κ3) is 3.95. The Bertz CT molecular complexity index is 110. The highest BCUT2D eigenvalue weighted by atomic mass is 16.3. The third-order valence-corrected chi connectivity index (χ3v) is 1.30. The first-order valence-corrected chi connectivity index (χ1v) is 3.56. The molecule has 0 aliphatic rings. The largest absolute Gasteiger partial charge is 0.395 e. The molecule has 0 heterocycles. The lowest BCUT2D eigenvalue weighted by Gasteiger charge is -2.19. The molecule has 1 radical (unpaired) electrons. The van der Waals surface area contributed by atoms with Crippen molar-refractivity contribution in [2.75, 3.05) is 26.3 Å². The summed E-state index contributed by atoms with van der Waals surface area (Å²) in [6.45, 7) is 2.05. The highest BCUT2D eigenvalue weighted by Crippen LogP contribution is 1.91. The van der Waals surface area contributed by atoms with Crippen molar-refractivity contribution < 1.29 is 15.0 Å². The molecule has 0 saturated heterocycles. The van der Waals surface area contributed by atoms with Crippen LogP contribution in [-0.4, -0.2) is 47.3 Å². The van der Waals surface area contributed by atoms with E-state index >= 15 is 0 Å². The van der Waals surface area contributed by atoms with E-state index in [1.54, 1.807) is 6.92 Å². The summed E-state index contributed by atoms with van der Waals surface area (Å²) in [6.07, 6.45) is 1.41. The van der Waals surface area contributed by atoms with E-state index in [9.17, 15) is 4.79 Å². The Balaban J connectivity index is 3.76. The van der Waals surface area contributed by atoms with Crippen LogP contribution in [0.5, 0.6) is 0 Å². The molecule has 0 bridgehead atoms. The van der Waals surface area contributed by atoms with Gasteiger partial charge in [0, 0.05) is 19.5 Å². The molecule has 0 fully saturated rings. The fourth-order valence-electron chi connectivity index (χ4n) is 0.756. The van der Waals surface area contributed by atoms with E-state index in [-0.39, 0.29) is 32.2 Å². The maximum Gasteiger partial charge on any atom is 0.226 e. The van der Waals surface area contributed by atoms with Gasteiger partial charge in [-0.05, 0) is 0 Å². The fourth-order valence-corrected chi connectivity index (χ4v) is 0.756. The van der Waals surface area contributed by atoms with Gasteiger partial charge in [-0.15, -0.1) is 0 Å². The van der Waals surface area contributed by atoms with Crippen molar-refractivity contribution in [2.24, 2.45) is 0 Å². The maximum absolute atomic E-state index is 10.9. The standard InChI is InChI=1S/C7H14NO3/c1-2-7(11)8(3-5-9)4-6-10/h2,9-10H,3-6H2,1H3. The summed E-state index contributed by atoms with van der Waals surface area (Å²) in [6, 6.07) is 0. The number of nitrogens with zero attached hydrogens (tertiary/aromatic N) is 1. The minimum atomic E-state index is -0.159. The molecule has 4 heteroatoms. The van der Waals surface area contributed by atoms with E-state index in [0.717, 1.165) is 0 Å². The summed E-state index contributed by atoms with van der Waals surface area (Å²) in [4.78, 5) is 12.3. The summed E-state index contributed by atoms with van der Waals surface area (Å²) in [5.41, 5.74) is 0. The van der Waals surface area contributed by atoms with E-state index in [1.165, 1.54) is 11.3 Å². The Morgan fingerprint density at radius 3 is 2.09 bits per heavy atom. The highest BCUT2D eigenvalue weighted by Gasteiger charge is 2.08. The predicted octanol–water partition coefficient (Wildman–Crippen LogP) is -0.976. The molecule has 11 heavy (non-hydrogen) atoms. The molecule has 0 unspecified atom stereocenters. The van der Waals surface area contributed by atoms with Gasteiger partial charge in [-0.1, -0.05) is 6.92 Å². The first-order valence-electron chi connectivity index (χ1n) is 3.56. The third-order valence-electron chi connectivity index (χ3n) is 1.30. The topological polar surface area (TPSA) is 60.8 Å². The summed E-state index contributed by atoms with van der Waals surface area (Å²) in [7, 11) is 0. The van der Waals surface area contributed by atoms with Crippen molar-refractivity contribution in [1.29, 1.82) is 0 Å². The van der Waals surface area contributed by atoms with Crippen LogP contribution in [0.1, 0.15) is 6.92 Å². The van der Waals surface area contributed by atoms with Gasteiger partial charge in [0.05, 0.1) is 13.2 Å². The number of aliphatic hydroxyl groups excluding tert-OH is 2. The van der Waals surface area contributed by atoms with Gasteiger partial charge in [-0.3, -0.25) is 4.79 Å². The second-order valence-electron chi connectivity index (χ2n) is 2.06. The number of amides is 1. The molecule has 2 N–H and O–H groups in total. The monoisotopic (exact) mass is 160 g/mol. The number of hydrogen-bond donors (Lipinski definition) is 2. The van der Waals surface area contributed by atoms with E-state index in [4.69, 9.17) is 10.2 Å². The number of carbonyl (C=O) groups is 1. The highest BCUT2D eigenvalue weighted by molar-refractivity contribution is 5.84. The molecule has 0 rings (SSSR count). The zero-order valence-corrected chi connectivity index (χ0v) is 6.66. The average Bonchev–Trinajstić information content (AvgIpc) is 2.03. The Morgan fingerprint density at radius 2 is 1.82 bits per heavy atom. The van der Waals surface area contributed by atoms with E-state index < -0.39 is 0 Å². The average molecular weight is 160 g/mol. The number of rotatable bonds is 5. The van der Waals surface area contributed by atoms with E-state index in [1.807, 2.05) is 0 Å². The van der Waals surface area contributed by atoms with Gasteiger partial charge in [0.25, 0.3) is 0 Å². The molecule has 0 spiro atoms. The normalized spacial score (nSPS) is 9.73. The SMILES string of the molecule is C[CH]C(=O)N(CCO)CCO. The zero-order valence-electron chi connectivity index (χ0n) is 6.66. The number of aliphatic hydroxyl groups is 2. The molecule has 4 nitrogen and oxygen atoms in total. The van der Waals surface area contributed by atoms with Crippen LogP contribution in [0.15, 0.2) is 0 Å². The van der Waals surface area contributed by atoms with Crippen LogP contribution < -0.4 is 0 Å². The Labute approximate surface area is 66.4 Å². The van der Waals surface area contributed by atoms with Crippen LogP contribution >= 0.6 is 0 Å². The van der Waals surface area contributed by atoms with Crippen molar-refractivity contribution in [3.8, 4) is 0 Å². The van der Waals surface area contributed by atoms with Gasteiger partial charge in [-0.25, -0.2) is 0 Å². The lowest BCUT2D eigenvalue weighted by atomic mass is 10.4. The van der Waals surface area contributed by atoms with Gasteiger partial charge in [0.15, 0.2) is 0 Å². The van der Waals surface area contributed by atoms with Crippen molar-refractivity contribution in [3.05, 3.63) is 6.42 Å². The minimum Gasteiger partial charge on any atom is -0.395 e. The van der Waals surface area contributed by atoms with Crippen LogP contribution in [0.2, 0.25) is 0 Å². The quantitative estimate of drug-likeness (QED) is 0.543. The number of hydrogen-bond acceptors (Lipinski definition) is 3. The van der Waals surface area contributed by atoms with Gasteiger partial charge >= 0.3 is 0 Å². The van der Waals surface area contributed by atoms with E-state index in [0.29, 0.717) is 0 Å². The van der Waals surface area contributed by atoms with Crippen molar-refractivity contribution in [3.63, 3.8) is 0 Å². The predicted molar refractivity (Wildman–Crippen MR) is 40.7 cm³/mol. The van der Waals surface area contributed by atoms with Gasteiger partial charge in [0.1, 0.15) is 0 Å². The smallest absolute Gasteiger partial charge is 0.226 e. The molecule has 0 aliphatic carbocycles. The first-order chi connectivity index (χ1) is 5.26. The molecule has 0 atom stereocenters. The minimum absolute atomic E-state index is 0.0699. The summed E-state index contributed by atoms with van der Waals surface area (Å²) in [5.74, 6) is -0.159. The second kappa shape index (κ2) is 6.12. The van der Waals surface area contributed by atoms with Crippen LogP contribution in [0.4, 0.5) is 0 Å². The molecule has 0 saturated carbocycles. The van der Waals surface area contributed by atoms with Crippen LogP contribution in [0.25, 0.3) is 0 Å². The van der Waals surface area contributed by atoms with Crippen LogP contribution in [0, 0.1) is 6.42 Å². The number of carbonyl (C=O) groups excluding carboxylic acids is 1. The molecule has 1 amide bonds. The van der Waals surface area contributed by atoms with Gasteiger partial charge in [0.2, 0.25) is 5.91 Å². The molecular weight excluding hydrogens is 146 g/mol. The lowest BCUT2D eigenvalue weighted by Crippen LogP contribution is -2.35. The van der Waals surface area contributed by atoms with Gasteiger partial charge in [-0.2, -0.15) is 0 Å². The Kier molecular flexibility index (Phi) is 5.78. The van der Waals surface area contributed by atoms with E-state index in [2.05, 4.69) is 0 Å². The van der Waals surface area contributed by atoms with Crippen LogP contribution in [0.3, 0.4) is 0 Å². The molecular formula is C7H14NO3. The molecule has 0 aliphatic heterocycles. The summed E-state index contributed by atoms with van der Waals surface area (Å²) >= 11 is 0. The van der Waals surface area contributed by atoms with Crippen molar-refractivity contribution in [2.45, 2.75) is 6.92 Å². The fraction of sp³-hybridized carbons (Fsp3) is 0.714. The second-order valence-corrected chi connectivity index (χ2v) is 2.06. The molecule has 0 aromatic carbocycles. The molecule has 0 aromatic heterocycles. The van der Waals surface area contributed by atoms with Gasteiger partial charge < -0.3 is 15.1 Å². The zero-order chi connectivity index (χ0) is 8.69. The van der Waals surface area contributed by atoms with Crippen molar-refractivity contribution >= 4 is 5.91 Å². The summed E-state index contributed by atoms with van der Waals surface area (Å²) < 4.78 is 0. The molecule has 65 valence electrons. The molecule has 0 aromatic rings. The van der Waals surface area contributed by atoms with Crippen molar-refractivity contribution in [1.82, 2.24) is 4.90 Å². The Hall–Kier alpha value is -0.610.